The van der Waals surface area contributed by atoms with Gasteiger partial charge in [0, 0.05) is 23.6 Å². The number of halogens is 2. The van der Waals surface area contributed by atoms with Gasteiger partial charge in [0.05, 0.1) is 10.6 Å². The third-order valence-electron chi connectivity index (χ3n) is 5.78. The maximum Gasteiger partial charge on any atom is 0.264 e. The van der Waals surface area contributed by atoms with Crippen molar-refractivity contribution in [2.24, 2.45) is 0 Å². The second-order valence-electron chi connectivity index (χ2n) is 8.16. The molecule has 3 rings (SSSR count). The molecular weight excluding hydrogens is 521 g/mol. The Morgan fingerprint density at radius 2 is 1.56 bits per heavy atom. The van der Waals surface area contributed by atoms with Gasteiger partial charge in [-0.3, -0.25) is 13.9 Å². The fraction of sp³-hybridized carbons (Fsp3) is 0.231. The van der Waals surface area contributed by atoms with E-state index < -0.39 is 34.4 Å². The molecule has 0 spiro atoms. The molecule has 1 atom stereocenters. The lowest BCUT2D eigenvalue weighted by Gasteiger charge is -2.32. The van der Waals surface area contributed by atoms with E-state index in [1.54, 1.807) is 62.4 Å². The van der Waals surface area contributed by atoms with Crippen molar-refractivity contribution in [2.45, 2.75) is 31.3 Å². The second kappa shape index (κ2) is 11.8. The highest BCUT2D eigenvalue weighted by molar-refractivity contribution is 7.92. The van der Waals surface area contributed by atoms with Crippen LogP contribution >= 0.6 is 23.2 Å². The fourth-order valence-electron chi connectivity index (χ4n) is 3.69. The summed E-state index contributed by atoms with van der Waals surface area (Å²) in [5.41, 5.74) is 1.65. The fourth-order valence-corrected chi connectivity index (χ4v) is 5.49. The normalized spacial score (nSPS) is 12.0. The van der Waals surface area contributed by atoms with Crippen LogP contribution in [0.5, 0.6) is 0 Å². The Balaban J connectivity index is 2.06. The summed E-state index contributed by atoms with van der Waals surface area (Å²) >= 11 is 12.3. The lowest BCUT2D eigenvalue weighted by Crippen LogP contribution is -2.50. The van der Waals surface area contributed by atoms with Crippen molar-refractivity contribution < 1.29 is 18.0 Å². The zero-order valence-corrected chi connectivity index (χ0v) is 22.4. The third kappa shape index (κ3) is 6.19. The van der Waals surface area contributed by atoms with Crippen LogP contribution in [0.2, 0.25) is 10.0 Å². The molecule has 0 fully saturated rings. The van der Waals surface area contributed by atoms with Gasteiger partial charge in [-0.05, 0) is 61.4 Å². The number of anilines is 1. The molecule has 3 aromatic carbocycles. The standard InChI is InChI=1S/C26H27Cl2N3O4S/c1-18-8-4-7-11-24(18)31(36(34,35)22-14-12-21(27)13-15-22)17-25(32)30(19(2)26(33)29-3)16-20-9-5-6-10-23(20)28/h4-15,19H,16-17H2,1-3H3,(H,29,33). The highest BCUT2D eigenvalue weighted by Crippen LogP contribution is 2.28. The number of benzene rings is 3. The first-order chi connectivity index (χ1) is 17.1. The van der Waals surface area contributed by atoms with Gasteiger partial charge in [-0.1, -0.05) is 59.6 Å². The molecule has 2 amide bonds. The minimum Gasteiger partial charge on any atom is -0.357 e. The summed E-state index contributed by atoms with van der Waals surface area (Å²) in [6.45, 7) is 2.84. The molecule has 0 saturated carbocycles. The molecule has 0 radical (unpaired) electrons. The summed E-state index contributed by atoms with van der Waals surface area (Å²) in [6.07, 6.45) is 0. The quantitative estimate of drug-likeness (QED) is 0.422. The van der Waals surface area contributed by atoms with Gasteiger partial charge in [-0.2, -0.15) is 0 Å². The van der Waals surface area contributed by atoms with Crippen molar-refractivity contribution in [1.29, 1.82) is 0 Å². The van der Waals surface area contributed by atoms with Gasteiger partial charge in [-0.25, -0.2) is 8.42 Å². The topological polar surface area (TPSA) is 86.8 Å². The van der Waals surface area contributed by atoms with E-state index in [0.717, 1.165) is 4.31 Å². The Bertz CT molecular complexity index is 1350. The number of carbonyl (C=O) groups excluding carboxylic acids is 2. The Hall–Kier alpha value is -3.07. The highest BCUT2D eigenvalue weighted by atomic mass is 35.5. The Morgan fingerprint density at radius 3 is 2.17 bits per heavy atom. The molecule has 3 aromatic rings. The highest BCUT2D eigenvalue weighted by Gasteiger charge is 2.33. The van der Waals surface area contributed by atoms with Gasteiger partial charge in [-0.15, -0.1) is 0 Å². The number of amides is 2. The first-order valence-electron chi connectivity index (χ1n) is 11.1. The molecule has 10 heteroatoms. The maximum absolute atomic E-state index is 13.7. The number of sulfonamides is 1. The average Bonchev–Trinajstić information content (AvgIpc) is 2.86. The van der Waals surface area contributed by atoms with E-state index in [9.17, 15) is 18.0 Å². The van der Waals surface area contributed by atoms with Crippen molar-refractivity contribution in [2.75, 3.05) is 17.9 Å². The van der Waals surface area contributed by atoms with Gasteiger partial charge in [0.25, 0.3) is 10.0 Å². The molecule has 0 aliphatic rings. The summed E-state index contributed by atoms with van der Waals surface area (Å²) < 4.78 is 28.5. The van der Waals surface area contributed by atoms with E-state index in [1.807, 2.05) is 0 Å². The van der Waals surface area contributed by atoms with Crippen LogP contribution in [-0.4, -0.2) is 44.8 Å². The Morgan fingerprint density at radius 1 is 0.944 bits per heavy atom. The van der Waals surface area contributed by atoms with E-state index >= 15 is 0 Å². The summed E-state index contributed by atoms with van der Waals surface area (Å²) in [5, 5.41) is 3.37. The average molecular weight is 548 g/mol. The predicted octanol–water partition coefficient (Wildman–Crippen LogP) is 4.66. The minimum absolute atomic E-state index is 0.0139. The molecule has 0 aliphatic heterocycles. The SMILES string of the molecule is CNC(=O)C(C)N(Cc1ccccc1Cl)C(=O)CN(c1ccccc1C)S(=O)(=O)c1ccc(Cl)cc1. The molecule has 0 aromatic heterocycles. The lowest BCUT2D eigenvalue weighted by atomic mass is 10.1. The number of carbonyl (C=O) groups is 2. The van der Waals surface area contributed by atoms with Crippen LogP contribution in [-0.2, 0) is 26.2 Å². The molecule has 0 saturated heterocycles. The molecule has 1 unspecified atom stereocenters. The van der Waals surface area contributed by atoms with Gasteiger partial charge >= 0.3 is 0 Å². The molecule has 190 valence electrons. The van der Waals surface area contributed by atoms with Crippen LogP contribution in [0.3, 0.4) is 0 Å². The first-order valence-corrected chi connectivity index (χ1v) is 13.3. The Kier molecular flexibility index (Phi) is 9.00. The number of nitrogens with one attached hydrogen (secondary N) is 1. The largest absolute Gasteiger partial charge is 0.357 e. The van der Waals surface area contributed by atoms with E-state index in [4.69, 9.17) is 23.2 Å². The number of likely N-dealkylation sites (N-methyl/N-ethyl adjacent to an activating group) is 1. The zero-order valence-electron chi connectivity index (χ0n) is 20.1. The van der Waals surface area contributed by atoms with Crippen LogP contribution in [0.4, 0.5) is 5.69 Å². The van der Waals surface area contributed by atoms with Crippen LogP contribution in [0.15, 0.2) is 77.7 Å². The maximum atomic E-state index is 13.7. The monoisotopic (exact) mass is 547 g/mol. The first kappa shape index (κ1) is 27.5. The third-order valence-corrected chi connectivity index (χ3v) is 8.17. The number of rotatable bonds is 9. The zero-order chi connectivity index (χ0) is 26.5. The van der Waals surface area contributed by atoms with Crippen molar-refractivity contribution in [1.82, 2.24) is 10.2 Å². The number of aryl methyl sites for hydroxylation is 1. The smallest absolute Gasteiger partial charge is 0.264 e. The lowest BCUT2D eigenvalue weighted by molar-refractivity contribution is -0.139. The second-order valence-corrected chi connectivity index (χ2v) is 10.9. The number of para-hydroxylation sites is 1. The predicted molar refractivity (Wildman–Crippen MR) is 143 cm³/mol. The van der Waals surface area contributed by atoms with Gasteiger partial charge < -0.3 is 10.2 Å². The minimum atomic E-state index is -4.15. The molecule has 7 nitrogen and oxygen atoms in total. The molecule has 36 heavy (non-hydrogen) atoms. The summed E-state index contributed by atoms with van der Waals surface area (Å²) in [6, 6.07) is 18.7. The molecule has 0 bridgehead atoms. The summed E-state index contributed by atoms with van der Waals surface area (Å²) in [4.78, 5) is 27.5. The molecule has 0 heterocycles. The van der Waals surface area contributed by atoms with E-state index in [0.29, 0.717) is 26.9 Å². The van der Waals surface area contributed by atoms with Crippen molar-refractivity contribution in [3.05, 3.63) is 94.0 Å². The van der Waals surface area contributed by atoms with Gasteiger partial charge in [0.15, 0.2) is 0 Å². The van der Waals surface area contributed by atoms with Crippen LogP contribution in [0.1, 0.15) is 18.1 Å². The van der Waals surface area contributed by atoms with E-state index in [2.05, 4.69) is 5.32 Å². The number of nitrogens with zero attached hydrogens (tertiary/aromatic N) is 2. The van der Waals surface area contributed by atoms with Crippen molar-refractivity contribution >= 4 is 50.7 Å². The summed E-state index contributed by atoms with van der Waals surface area (Å²) in [5.74, 6) is -0.954. The van der Waals surface area contributed by atoms with Crippen LogP contribution in [0.25, 0.3) is 0 Å². The van der Waals surface area contributed by atoms with Crippen molar-refractivity contribution in [3.8, 4) is 0 Å². The summed E-state index contributed by atoms with van der Waals surface area (Å²) in [7, 11) is -2.68. The number of hydrogen-bond acceptors (Lipinski definition) is 4. The molecular formula is C26H27Cl2N3O4S. The van der Waals surface area contributed by atoms with Crippen LogP contribution in [0, 0.1) is 6.92 Å². The molecule has 0 aliphatic carbocycles. The molecule has 1 N–H and O–H groups in total. The van der Waals surface area contributed by atoms with Crippen LogP contribution < -0.4 is 9.62 Å². The van der Waals surface area contributed by atoms with E-state index in [1.165, 1.54) is 36.2 Å². The van der Waals surface area contributed by atoms with Crippen molar-refractivity contribution in [3.63, 3.8) is 0 Å². The number of hydrogen-bond donors (Lipinski definition) is 1. The van der Waals surface area contributed by atoms with Gasteiger partial charge in [0.1, 0.15) is 12.6 Å². The Labute approximate surface area is 221 Å². The van der Waals surface area contributed by atoms with E-state index in [-0.39, 0.29) is 11.4 Å². The van der Waals surface area contributed by atoms with Gasteiger partial charge in [0.2, 0.25) is 11.8 Å².